The highest BCUT2D eigenvalue weighted by Crippen LogP contribution is 2.68. The number of nitrogens with one attached hydrogen (secondary N) is 1. The maximum Gasteiger partial charge on any atom is 0.418 e. The number of H-pyrrole nitrogens is 1. The third-order valence-corrected chi connectivity index (χ3v) is 11.5. The van der Waals surface area contributed by atoms with Crippen LogP contribution >= 0.6 is 39.0 Å². The molecule has 3 heterocycles. The van der Waals surface area contributed by atoms with Crippen LogP contribution in [0.5, 0.6) is 0 Å². The second-order valence-electron chi connectivity index (χ2n) is 10.0. The molecule has 190 valence electrons. The van der Waals surface area contributed by atoms with E-state index in [-0.39, 0.29) is 39.5 Å². The van der Waals surface area contributed by atoms with Crippen LogP contribution in [0, 0.1) is 29.6 Å². The van der Waals surface area contributed by atoms with Crippen molar-refractivity contribution in [2.45, 2.75) is 28.8 Å². The fourth-order valence-electron chi connectivity index (χ4n) is 7.21. The van der Waals surface area contributed by atoms with Gasteiger partial charge in [0.25, 0.3) is 0 Å². The first kappa shape index (κ1) is 23.7. The van der Waals surface area contributed by atoms with Crippen molar-refractivity contribution in [3.05, 3.63) is 78.7 Å². The number of thioether (sulfide) groups is 1. The SMILES string of the molecule is O=C1C2C3CC(C2C(=O)N1c1ccccc1C(F)(F)F)C1C3Sc2[nH]c(=O)sc2[C@@H]1c1ccc(Br)cc1. The van der Waals surface area contributed by atoms with Crippen LogP contribution in [0.25, 0.3) is 0 Å². The molecule has 7 rings (SSSR count). The van der Waals surface area contributed by atoms with E-state index in [1.807, 2.05) is 24.3 Å². The molecular formula is C26H18BrF3N2O3S2. The van der Waals surface area contributed by atoms with E-state index in [1.165, 1.54) is 29.5 Å². The third kappa shape index (κ3) is 3.32. The minimum absolute atomic E-state index is 0.00839. The molecule has 2 aromatic carbocycles. The zero-order valence-electron chi connectivity index (χ0n) is 18.9. The van der Waals surface area contributed by atoms with E-state index >= 15 is 0 Å². The number of anilines is 1. The second-order valence-corrected chi connectivity index (χ2v) is 13.2. The molecule has 6 unspecified atom stereocenters. The van der Waals surface area contributed by atoms with Gasteiger partial charge in [0.15, 0.2) is 0 Å². The number of amides is 2. The highest BCUT2D eigenvalue weighted by Gasteiger charge is 2.70. The lowest BCUT2D eigenvalue weighted by Gasteiger charge is -2.43. The minimum Gasteiger partial charge on any atom is -0.307 e. The molecule has 2 saturated carbocycles. The molecule has 1 aromatic heterocycles. The van der Waals surface area contributed by atoms with Crippen molar-refractivity contribution < 1.29 is 22.8 Å². The van der Waals surface area contributed by atoms with Crippen LogP contribution < -0.4 is 9.77 Å². The number of nitrogens with zero attached hydrogens (tertiary/aromatic N) is 1. The van der Waals surface area contributed by atoms with Gasteiger partial charge in [0.1, 0.15) is 0 Å². The standard InChI is InChI=1S/C26H18BrF3N2O3S2/c27-11-7-5-10(6-8-11)16-17-12-9-13(20(17)36-22-21(16)37-25(35)31-22)19-18(12)23(33)32(24(19)34)15-4-2-1-3-14(15)26(28,29)30/h1-8,12-13,16-20H,9H2,(H,31,35)/t12?,13?,16-,17?,18?,19?,20?/m1/s1. The number of carbonyl (C=O) groups is 2. The van der Waals surface area contributed by atoms with Gasteiger partial charge in [0.2, 0.25) is 11.8 Å². The summed E-state index contributed by atoms with van der Waals surface area (Å²) in [6, 6.07) is 12.7. The van der Waals surface area contributed by atoms with Crippen molar-refractivity contribution >= 4 is 56.5 Å². The van der Waals surface area contributed by atoms with Gasteiger partial charge in [-0.2, -0.15) is 13.2 Å². The average Bonchev–Trinajstić information content (AvgIpc) is 3.58. The Kier molecular flexibility index (Phi) is 5.17. The van der Waals surface area contributed by atoms with E-state index in [2.05, 4.69) is 20.9 Å². The number of para-hydroxylation sites is 1. The number of alkyl halides is 3. The molecule has 11 heteroatoms. The minimum atomic E-state index is -4.69. The highest BCUT2D eigenvalue weighted by atomic mass is 79.9. The number of benzene rings is 2. The molecule has 5 nitrogen and oxygen atoms in total. The topological polar surface area (TPSA) is 70.2 Å². The van der Waals surface area contributed by atoms with Crippen molar-refractivity contribution in [1.29, 1.82) is 0 Å². The third-order valence-electron chi connectivity index (χ3n) is 8.40. The van der Waals surface area contributed by atoms with Crippen LogP contribution in [0.2, 0.25) is 0 Å². The summed E-state index contributed by atoms with van der Waals surface area (Å²) in [5.74, 6) is -2.83. The first-order valence-corrected chi connectivity index (χ1v) is 14.3. The number of rotatable bonds is 2. The van der Waals surface area contributed by atoms with Gasteiger partial charge in [-0.25, -0.2) is 4.90 Å². The average molecular weight is 607 g/mol. The summed E-state index contributed by atoms with van der Waals surface area (Å²) in [7, 11) is 0. The molecule has 37 heavy (non-hydrogen) atoms. The molecular weight excluding hydrogens is 589 g/mol. The summed E-state index contributed by atoms with van der Waals surface area (Å²) in [6.45, 7) is 0. The van der Waals surface area contributed by atoms with E-state index in [4.69, 9.17) is 0 Å². The Bertz CT molecular complexity index is 1520. The number of halogens is 4. The van der Waals surface area contributed by atoms with Gasteiger partial charge in [0.05, 0.1) is 28.1 Å². The lowest BCUT2D eigenvalue weighted by atomic mass is 9.68. The van der Waals surface area contributed by atoms with Gasteiger partial charge in [0, 0.05) is 20.5 Å². The normalized spacial score (nSPS) is 32.0. The van der Waals surface area contributed by atoms with E-state index in [1.54, 1.807) is 11.8 Å². The Morgan fingerprint density at radius 2 is 1.62 bits per heavy atom. The summed E-state index contributed by atoms with van der Waals surface area (Å²) in [6.07, 6.45) is -4.01. The van der Waals surface area contributed by atoms with E-state index < -0.39 is 35.4 Å². The summed E-state index contributed by atoms with van der Waals surface area (Å²) in [4.78, 5) is 44.3. The molecule has 7 atom stereocenters. The number of hydrogen-bond acceptors (Lipinski definition) is 5. The lowest BCUT2D eigenvalue weighted by Crippen LogP contribution is -2.42. The molecule has 2 aliphatic heterocycles. The number of aromatic nitrogens is 1. The predicted molar refractivity (Wildman–Crippen MR) is 137 cm³/mol. The van der Waals surface area contributed by atoms with Crippen molar-refractivity contribution in [3.8, 4) is 0 Å². The molecule has 0 spiro atoms. The number of thiazole rings is 1. The van der Waals surface area contributed by atoms with Crippen LogP contribution in [0.15, 0.2) is 62.8 Å². The molecule has 2 amide bonds. The van der Waals surface area contributed by atoms with E-state index in [0.29, 0.717) is 6.42 Å². The highest BCUT2D eigenvalue weighted by molar-refractivity contribution is 9.10. The first-order chi connectivity index (χ1) is 17.6. The van der Waals surface area contributed by atoms with Crippen molar-refractivity contribution in [1.82, 2.24) is 4.98 Å². The second kappa shape index (κ2) is 8.07. The largest absolute Gasteiger partial charge is 0.418 e. The summed E-state index contributed by atoms with van der Waals surface area (Å²) < 4.78 is 42.3. The first-order valence-electron chi connectivity index (χ1n) is 11.8. The Hall–Kier alpha value is -2.37. The fraction of sp³-hybridized carbons (Fsp3) is 0.346. The Morgan fingerprint density at radius 3 is 2.32 bits per heavy atom. The molecule has 1 N–H and O–H groups in total. The van der Waals surface area contributed by atoms with Gasteiger partial charge >= 0.3 is 11.0 Å². The van der Waals surface area contributed by atoms with Crippen LogP contribution in [0.4, 0.5) is 18.9 Å². The van der Waals surface area contributed by atoms with Gasteiger partial charge in [-0.3, -0.25) is 14.4 Å². The Labute approximate surface area is 225 Å². The van der Waals surface area contributed by atoms with Crippen LogP contribution in [0.3, 0.4) is 0 Å². The van der Waals surface area contributed by atoms with Crippen molar-refractivity contribution in [2.24, 2.45) is 29.6 Å². The Balaban J connectivity index is 1.32. The lowest BCUT2D eigenvalue weighted by molar-refractivity contribution is -0.137. The van der Waals surface area contributed by atoms with Crippen LogP contribution in [0.1, 0.15) is 28.3 Å². The number of carbonyl (C=O) groups excluding carboxylic acids is 2. The number of fused-ring (bicyclic) bond motifs is 9. The quantitative estimate of drug-likeness (QED) is 0.369. The fourth-order valence-corrected chi connectivity index (χ4v) is 10.4. The number of imide groups is 1. The Morgan fingerprint density at radius 1 is 0.946 bits per heavy atom. The van der Waals surface area contributed by atoms with Gasteiger partial charge in [-0.05, 0) is 54.0 Å². The van der Waals surface area contributed by atoms with Gasteiger partial charge in [-0.15, -0.1) is 11.8 Å². The summed E-state index contributed by atoms with van der Waals surface area (Å²) >= 11 is 6.19. The number of aromatic amines is 1. The monoisotopic (exact) mass is 606 g/mol. The zero-order chi connectivity index (χ0) is 25.8. The van der Waals surface area contributed by atoms with Crippen LogP contribution in [-0.2, 0) is 15.8 Å². The maximum absolute atomic E-state index is 13.8. The molecule has 1 saturated heterocycles. The maximum atomic E-state index is 13.8. The molecule has 3 fully saturated rings. The summed E-state index contributed by atoms with van der Waals surface area (Å²) in [5.41, 5.74) is -0.347. The van der Waals surface area contributed by atoms with Crippen molar-refractivity contribution in [3.63, 3.8) is 0 Å². The van der Waals surface area contributed by atoms with Gasteiger partial charge < -0.3 is 4.98 Å². The van der Waals surface area contributed by atoms with E-state index in [0.717, 1.165) is 30.9 Å². The molecule has 2 aliphatic carbocycles. The van der Waals surface area contributed by atoms with Gasteiger partial charge in [-0.1, -0.05) is 51.5 Å². The smallest absolute Gasteiger partial charge is 0.307 e. The predicted octanol–water partition coefficient (Wildman–Crippen LogP) is 5.90. The number of hydrogen-bond donors (Lipinski definition) is 1. The van der Waals surface area contributed by atoms with E-state index in [9.17, 15) is 27.6 Å². The van der Waals surface area contributed by atoms with Crippen molar-refractivity contribution in [2.75, 3.05) is 4.90 Å². The molecule has 4 aliphatic rings. The molecule has 3 aromatic rings. The molecule has 2 bridgehead atoms. The molecule has 0 radical (unpaired) electrons. The summed E-state index contributed by atoms with van der Waals surface area (Å²) in [5, 5.41) is 0.775. The van der Waals surface area contributed by atoms with Crippen LogP contribution in [-0.4, -0.2) is 22.0 Å². The zero-order valence-corrected chi connectivity index (χ0v) is 22.1.